The maximum atomic E-state index is 13.6. The fourth-order valence-corrected chi connectivity index (χ4v) is 4.18. The van der Waals surface area contributed by atoms with Crippen molar-refractivity contribution in [3.05, 3.63) is 65.2 Å². The van der Waals surface area contributed by atoms with Gasteiger partial charge < -0.3 is 20.3 Å². The van der Waals surface area contributed by atoms with Gasteiger partial charge in [0.25, 0.3) is 0 Å². The van der Waals surface area contributed by atoms with E-state index in [1.807, 2.05) is 37.2 Å². The Kier molecular flexibility index (Phi) is 8.28. The summed E-state index contributed by atoms with van der Waals surface area (Å²) in [5.74, 6) is 0.356. The van der Waals surface area contributed by atoms with Crippen LogP contribution in [0, 0.1) is 11.7 Å². The number of nitrogens with one attached hydrogen (secondary N) is 2. The van der Waals surface area contributed by atoms with Crippen molar-refractivity contribution < 1.29 is 13.9 Å². The van der Waals surface area contributed by atoms with Crippen LogP contribution in [0.4, 0.5) is 21.6 Å². The lowest BCUT2D eigenvalue weighted by Crippen LogP contribution is -2.14. The molecule has 1 aliphatic heterocycles. The quantitative estimate of drug-likeness (QED) is 0.396. The first-order valence-corrected chi connectivity index (χ1v) is 12.0. The summed E-state index contributed by atoms with van der Waals surface area (Å²) in [7, 11) is 3.89. The molecule has 3 aromatic rings. The third-order valence-corrected chi connectivity index (χ3v) is 6.18. The number of rotatable bonds is 9. The third kappa shape index (κ3) is 6.75. The Balaban J connectivity index is 1.65. The summed E-state index contributed by atoms with van der Waals surface area (Å²) in [6.07, 6.45) is 7.66. The molecule has 184 valence electrons. The Morgan fingerprint density at radius 1 is 1.29 bits per heavy atom. The average Bonchev–Trinajstić information content (AvgIpc) is 3.34. The minimum Gasteiger partial charge on any atom is -0.381 e. The minimum atomic E-state index is -0.491. The number of halogens is 2. The number of amides is 1. The van der Waals surface area contributed by atoms with Crippen molar-refractivity contribution in [3.8, 4) is 0 Å². The Labute approximate surface area is 209 Å². The molecule has 9 heteroatoms. The number of carbonyl (C=O) groups is 1. The topological polar surface area (TPSA) is 79.4 Å². The summed E-state index contributed by atoms with van der Waals surface area (Å²) in [5.41, 5.74) is 3.06. The summed E-state index contributed by atoms with van der Waals surface area (Å²) >= 11 is 5.94. The number of carbonyl (C=O) groups excluding carboxylic acids is 1. The Bertz CT molecular complexity index is 1230. The first-order chi connectivity index (χ1) is 16.9. The van der Waals surface area contributed by atoms with Gasteiger partial charge in [0, 0.05) is 42.6 Å². The standard InChI is InChI=1S/C26H29ClFN5O2/c1-33(2)10-3-4-25(34)32-23-14-20-24(12-18(23)6-5-17-9-11-35-15-17)29-16-30-26(20)31-19-7-8-22(28)21(27)13-19/h3-4,7-8,12-14,16-17H,5-6,9-11,15H2,1-2H3,(H,32,34)(H,29,30,31)/b4-3+/t17-/m0/s1. The molecule has 1 aromatic heterocycles. The van der Waals surface area contributed by atoms with Crippen molar-refractivity contribution in [2.24, 2.45) is 5.92 Å². The van der Waals surface area contributed by atoms with E-state index in [0.29, 0.717) is 29.7 Å². The minimum absolute atomic E-state index is 0.0176. The zero-order chi connectivity index (χ0) is 24.8. The number of fused-ring (bicyclic) bond motifs is 1. The normalized spacial score (nSPS) is 15.9. The monoisotopic (exact) mass is 497 g/mol. The molecule has 1 aliphatic rings. The molecule has 0 saturated carbocycles. The van der Waals surface area contributed by atoms with E-state index in [1.54, 1.807) is 12.1 Å². The third-order valence-electron chi connectivity index (χ3n) is 5.89. The van der Waals surface area contributed by atoms with Gasteiger partial charge in [-0.25, -0.2) is 14.4 Å². The molecule has 2 heterocycles. The molecule has 0 radical (unpaired) electrons. The van der Waals surface area contributed by atoms with Crippen LogP contribution in [0.1, 0.15) is 18.4 Å². The van der Waals surface area contributed by atoms with Crippen LogP contribution in [0.5, 0.6) is 0 Å². The molecular weight excluding hydrogens is 469 g/mol. The molecule has 0 unspecified atom stereocenters. The number of likely N-dealkylation sites (N-methyl/N-ethyl adjacent to an activating group) is 1. The Morgan fingerprint density at radius 3 is 2.89 bits per heavy atom. The van der Waals surface area contributed by atoms with Gasteiger partial charge in [-0.2, -0.15) is 0 Å². The van der Waals surface area contributed by atoms with E-state index < -0.39 is 5.82 Å². The molecule has 0 spiro atoms. The van der Waals surface area contributed by atoms with Crippen LogP contribution in [0.15, 0.2) is 48.8 Å². The summed E-state index contributed by atoms with van der Waals surface area (Å²) in [6, 6.07) is 8.27. The largest absolute Gasteiger partial charge is 0.381 e. The van der Waals surface area contributed by atoms with Gasteiger partial charge in [0.05, 0.1) is 10.5 Å². The predicted octanol–water partition coefficient (Wildman–Crippen LogP) is 5.19. The van der Waals surface area contributed by atoms with E-state index in [1.165, 1.54) is 18.5 Å². The molecule has 2 aromatic carbocycles. The molecule has 4 rings (SSSR count). The number of hydrogen-bond acceptors (Lipinski definition) is 6. The van der Waals surface area contributed by atoms with E-state index >= 15 is 0 Å². The highest BCUT2D eigenvalue weighted by Crippen LogP contribution is 2.31. The number of benzene rings is 2. The van der Waals surface area contributed by atoms with Crippen molar-refractivity contribution in [3.63, 3.8) is 0 Å². The van der Waals surface area contributed by atoms with E-state index in [0.717, 1.165) is 48.9 Å². The van der Waals surface area contributed by atoms with Gasteiger partial charge in [0.1, 0.15) is 18.0 Å². The van der Waals surface area contributed by atoms with E-state index in [4.69, 9.17) is 16.3 Å². The second kappa shape index (κ2) is 11.6. The molecule has 2 N–H and O–H groups in total. The summed E-state index contributed by atoms with van der Waals surface area (Å²) in [4.78, 5) is 23.5. The Morgan fingerprint density at radius 2 is 2.14 bits per heavy atom. The highest BCUT2D eigenvalue weighted by molar-refractivity contribution is 6.31. The molecule has 1 atom stereocenters. The van der Waals surface area contributed by atoms with Gasteiger partial charge in [-0.1, -0.05) is 17.7 Å². The highest BCUT2D eigenvalue weighted by atomic mass is 35.5. The lowest BCUT2D eigenvalue weighted by atomic mass is 9.97. The number of aryl methyl sites for hydroxylation is 1. The number of ether oxygens (including phenoxy) is 1. The summed E-state index contributed by atoms with van der Waals surface area (Å²) in [6.45, 7) is 2.25. The lowest BCUT2D eigenvalue weighted by molar-refractivity contribution is -0.111. The molecule has 1 fully saturated rings. The van der Waals surface area contributed by atoms with Gasteiger partial charge in [0.15, 0.2) is 0 Å². The van der Waals surface area contributed by atoms with Crippen LogP contribution in [-0.4, -0.2) is 54.6 Å². The summed E-state index contributed by atoms with van der Waals surface area (Å²) < 4.78 is 19.1. The maximum Gasteiger partial charge on any atom is 0.248 e. The van der Waals surface area contributed by atoms with Crippen LogP contribution >= 0.6 is 11.6 Å². The zero-order valence-electron chi connectivity index (χ0n) is 19.9. The first-order valence-electron chi connectivity index (χ1n) is 11.6. The zero-order valence-corrected chi connectivity index (χ0v) is 20.6. The SMILES string of the molecule is CN(C)C/C=C/C(=O)Nc1cc2c(Nc3ccc(F)c(Cl)c3)ncnc2cc1CC[C@H]1CCOC1. The molecular formula is C26H29ClFN5O2. The Hall–Kier alpha value is -3.07. The second-order valence-electron chi connectivity index (χ2n) is 8.92. The van der Waals surface area contributed by atoms with Gasteiger partial charge in [-0.3, -0.25) is 4.79 Å². The van der Waals surface area contributed by atoms with E-state index in [-0.39, 0.29) is 10.9 Å². The van der Waals surface area contributed by atoms with Crippen LogP contribution in [0.2, 0.25) is 5.02 Å². The van der Waals surface area contributed by atoms with Gasteiger partial charge in [-0.05, 0) is 75.2 Å². The van der Waals surface area contributed by atoms with Crippen LogP contribution in [-0.2, 0) is 16.0 Å². The first kappa shape index (κ1) is 25.0. The second-order valence-corrected chi connectivity index (χ2v) is 9.33. The van der Waals surface area contributed by atoms with E-state index in [9.17, 15) is 9.18 Å². The van der Waals surface area contributed by atoms with Gasteiger partial charge >= 0.3 is 0 Å². The average molecular weight is 498 g/mol. The fraction of sp³-hybridized carbons (Fsp3) is 0.346. The van der Waals surface area contributed by atoms with Crippen molar-refractivity contribution in [1.82, 2.24) is 14.9 Å². The van der Waals surface area contributed by atoms with Crippen LogP contribution in [0.3, 0.4) is 0 Å². The van der Waals surface area contributed by atoms with Crippen LogP contribution < -0.4 is 10.6 Å². The molecule has 1 saturated heterocycles. The maximum absolute atomic E-state index is 13.6. The lowest BCUT2D eigenvalue weighted by Gasteiger charge is -2.15. The van der Waals surface area contributed by atoms with Gasteiger partial charge in [-0.15, -0.1) is 0 Å². The van der Waals surface area contributed by atoms with Gasteiger partial charge in [0.2, 0.25) is 5.91 Å². The molecule has 0 bridgehead atoms. The molecule has 1 amide bonds. The molecule has 7 nitrogen and oxygen atoms in total. The van der Waals surface area contributed by atoms with Crippen molar-refractivity contribution >= 4 is 45.6 Å². The van der Waals surface area contributed by atoms with Crippen LogP contribution in [0.25, 0.3) is 10.9 Å². The molecule has 35 heavy (non-hydrogen) atoms. The van der Waals surface area contributed by atoms with E-state index in [2.05, 4.69) is 20.6 Å². The van der Waals surface area contributed by atoms with Crippen molar-refractivity contribution in [2.45, 2.75) is 19.3 Å². The van der Waals surface area contributed by atoms with Crippen molar-refractivity contribution in [1.29, 1.82) is 0 Å². The number of hydrogen-bond donors (Lipinski definition) is 2. The highest BCUT2D eigenvalue weighted by Gasteiger charge is 2.18. The summed E-state index contributed by atoms with van der Waals surface area (Å²) in [5, 5.41) is 6.97. The number of aromatic nitrogens is 2. The van der Waals surface area contributed by atoms with Crippen molar-refractivity contribution in [2.75, 3.05) is 44.5 Å². The fourth-order valence-electron chi connectivity index (χ4n) is 4.00. The number of nitrogens with zero attached hydrogens (tertiary/aromatic N) is 3. The molecule has 0 aliphatic carbocycles. The predicted molar refractivity (Wildman–Crippen MR) is 138 cm³/mol. The number of anilines is 3. The smallest absolute Gasteiger partial charge is 0.248 e.